The average molecular weight is 625 g/mol. The standard InChI is InChI=1S/C41H41BO5/c1-43-40(33-20-10-4-11-21-33,34-22-12-5-13-23-34)38-39(41(44-2,35-24-14-6-15-25-35)36-26-16-7-17-27-36)47-42(46-38)37-28-32(37)30-45-29-31-18-8-3-9-19-31/h3-27,32,37-39H,28-30H2,1-2H3/t32-,37+,38-,39-/m1/s1. The van der Waals surface area contributed by atoms with Crippen molar-refractivity contribution in [3.05, 3.63) is 179 Å². The number of rotatable bonds is 13. The summed E-state index contributed by atoms with van der Waals surface area (Å²) in [4.78, 5) is 0. The molecule has 238 valence electrons. The minimum absolute atomic E-state index is 0.181. The summed E-state index contributed by atoms with van der Waals surface area (Å²) >= 11 is 0. The van der Waals surface area contributed by atoms with E-state index >= 15 is 0 Å². The first-order valence-corrected chi connectivity index (χ1v) is 16.5. The van der Waals surface area contributed by atoms with Gasteiger partial charge in [0.15, 0.2) is 0 Å². The molecular formula is C41H41BO5. The van der Waals surface area contributed by atoms with Gasteiger partial charge in [-0.3, -0.25) is 0 Å². The zero-order valence-electron chi connectivity index (χ0n) is 27.0. The SMILES string of the molecule is COC(c1ccccc1)(c1ccccc1)[C@@H]1OB([C@H]2C[C@@H]2COCc2ccccc2)O[C@H]1C(OC)(c1ccccc1)c1ccccc1. The highest BCUT2D eigenvalue weighted by Gasteiger charge is 2.65. The Morgan fingerprint density at radius 2 is 0.915 bits per heavy atom. The number of hydrogen-bond acceptors (Lipinski definition) is 5. The van der Waals surface area contributed by atoms with Crippen LogP contribution >= 0.6 is 0 Å². The second kappa shape index (κ2) is 14.0. The van der Waals surface area contributed by atoms with E-state index in [9.17, 15) is 0 Å². The first-order valence-electron chi connectivity index (χ1n) is 16.5. The lowest BCUT2D eigenvalue weighted by molar-refractivity contribution is -0.136. The molecule has 0 aromatic heterocycles. The number of ether oxygens (including phenoxy) is 3. The predicted octanol–water partition coefficient (Wildman–Crippen LogP) is 8.05. The highest BCUT2D eigenvalue weighted by molar-refractivity contribution is 6.48. The van der Waals surface area contributed by atoms with Crippen LogP contribution in [0.15, 0.2) is 152 Å². The van der Waals surface area contributed by atoms with E-state index in [1.807, 2.05) is 91.0 Å². The van der Waals surface area contributed by atoms with Crippen molar-refractivity contribution in [2.75, 3.05) is 20.8 Å². The van der Waals surface area contributed by atoms with E-state index in [0.717, 1.165) is 28.7 Å². The molecule has 1 saturated carbocycles. The Bertz CT molecular complexity index is 1510. The monoisotopic (exact) mass is 624 g/mol. The van der Waals surface area contributed by atoms with Crippen LogP contribution in [0.3, 0.4) is 0 Å². The first-order chi connectivity index (χ1) is 23.2. The van der Waals surface area contributed by atoms with Gasteiger partial charge in [0, 0.05) is 20.8 Å². The van der Waals surface area contributed by atoms with E-state index < -0.39 is 30.5 Å². The smallest absolute Gasteiger partial charge is 0.402 e. The maximum atomic E-state index is 7.23. The Morgan fingerprint density at radius 3 is 1.28 bits per heavy atom. The van der Waals surface area contributed by atoms with Gasteiger partial charge >= 0.3 is 7.12 Å². The third-order valence-electron chi connectivity index (χ3n) is 9.86. The lowest BCUT2D eigenvalue weighted by Crippen LogP contribution is -2.56. The van der Waals surface area contributed by atoms with Gasteiger partial charge in [0.1, 0.15) is 23.4 Å². The zero-order chi connectivity index (χ0) is 32.1. The molecule has 2 aliphatic rings. The zero-order valence-corrected chi connectivity index (χ0v) is 27.0. The molecule has 1 saturated heterocycles. The van der Waals surface area contributed by atoms with Crippen LogP contribution in [0.25, 0.3) is 0 Å². The van der Waals surface area contributed by atoms with Crippen molar-refractivity contribution in [3.8, 4) is 0 Å². The molecule has 4 atom stereocenters. The van der Waals surface area contributed by atoms with Gasteiger partial charge in [0.05, 0.1) is 6.61 Å². The fourth-order valence-corrected chi connectivity index (χ4v) is 7.42. The quantitative estimate of drug-likeness (QED) is 0.124. The summed E-state index contributed by atoms with van der Waals surface area (Å²) in [5.41, 5.74) is 3.09. The van der Waals surface area contributed by atoms with Crippen LogP contribution in [0, 0.1) is 5.92 Å². The van der Waals surface area contributed by atoms with E-state index in [-0.39, 0.29) is 5.82 Å². The number of benzene rings is 5. The van der Waals surface area contributed by atoms with Crippen molar-refractivity contribution >= 4 is 7.12 Å². The Labute approximate surface area is 278 Å². The summed E-state index contributed by atoms with van der Waals surface area (Å²) in [7, 11) is 3.06. The van der Waals surface area contributed by atoms with E-state index in [4.69, 9.17) is 23.5 Å². The van der Waals surface area contributed by atoms with Crippen LogP contribution in [0.1, 0.15) is 34.2 Å². The van der Waals surface area contributed by atoms with Gasteiger partial charge < -0.3 is 23.5 Å². The molecule has 0 N–H and O–H groups in total. The van der Waals surface area contributed by atoms with Crippen LogP contribution in [-0.2, 0) is 41.3 Å². The molecule has 47 heavy (non-hydrogen) atoms. The van der Waals surface area contributed by atoms with Crippen LogP contribution in [-0.4, -0.2) is 40.2 Å². The minimum Gasteiger partial charge on any atom is -0.402 e. The van der Waals surface area contributed by atoms with Crippen molar-refractivity contribution in [2.45, 2.75) is 42.3 Å². The molecule has 0 radical (unpaired) electrons. The number of hydrogen-bond donors (Lipinski definition) is 0. The molecular weight excluding hydrogens is 583 g/mol. The van der Waals surface area contributed by atoms with Crippen molar-refractivity contribution in [3.63, 3.8) is 0 Å². The summed E-state index contributed by atoms with van der Waals surface area (Å²) in [5, 5.41) is 0. The lowest BCUT2D eigenvalue weighted by atomic mass is 9.71. The third-order valence-corrected chi connectivity index (χ3v) is 9.86. The van der Waals surface area contributed by atoms with Crippen LogP contribution < -0.4 is 0 Å². The van der Waals surface area contributed by atoms with Gasteiger partial charge in [0.2, 0.25) is 0 Å². The molecule has 0 unspecified atom stereocenters. The Morgan fingerprint density at radius 1 is 0.553 bits per heavy atom. The Balaban J connectivity index is 1.32. The molecule has 0 amide bonds. The minimum atomic E-state index is -1.01. The van der Waals surface area contributed by atoms with Gasteiger partial charge in [-0.05, 0) is 46.0 Å². The van der Waals surface area contributed by atoms with Crippen LogP contribution in [0.2, 0.25) is 5.82 Å². The fraction of sp³-hybridized carbons (Fsp3) is 0.268. The largest absolute Gasteiger partial charge is 0.461 e. The second-order valence-corrected chi connectivity index (χ2v) is 12.5. The molecule has 1 aliphatic heterocycles. The Hall–Kier alpha value is -4.04. The maximum absolute atomic E-state index is 7.23. The molecule has 5 aromatic rings. The van der Waals surface area contributed by atoms with E-state index in [1.54, 1.807) is 14.2 Å². The number of methoxy groups -OCH3 is 2. The molecule has 5 aromatic carbocycles. The highest BCUT2D eigenvalue weighted by atomic mass is 16.7. The van der Waals surface area contributed by atoms with Crippen LogP contribution in [0.5, 0.6) is 0 Å². The van der Waals surface area contributed by atoms with E-state index in [2.05, 4.69) is 60.7 Å². The van der Waals surface area contributed by atoms with Gasteiger partial charge in [-0.2, -0.15) is 0 Å². The van der Waals surface area contributed by atoms with Crippen molar-refractivity contribution in [1.82, 2.24) is 0 Å². The summed E-state index contributed by atoms with van der Waals surface area (Å²) in [5.74, 6) is 0.513. The summed E-state index contributed by atoms with van der Waals surface area (Å²) in [6, 6.07) is 51.7. The summed E-state index contributed by atoms with van der Waals surface area (Å²) in [6.45, 7) is 1.24. The first kappa shape index (κ1) is 31.6. The molecule has 7 rings (SSSR count). The van der Waals surface area contributed by atoms with Crippen molar-refractivity contribution in [1.29, 1.82) is 0 Å². The molecule has 0 bridgehead atoms. The summed E-state index contributed by atoms with van der Waals surface area (Å²) in [6.07, 6.45) is -0.213. The average Bonchev–Trinajstić information content (AvgIpc) is 3.79. The normalized spacial score (nSPS) is 21.1. The lowest BCUT2D eigenvalue weighted by Gasteiger charge is -2.47. The van der Waals surface area contributed by atoms with Crippen molar-refractivity contribution in [2.24, 2.45) is 5.92 Å². The van der Waals surface area contributed by atoms with E-state index in [0.29, 0.717) is 19.1 Å². The summed E-state index contributed by atoms with van der Waals surface area (Å²) < 4.78 is 34.1. The molecule has 6 heteroatoms. The van der Waals surface area contributed by atoms with Gasteiger partial charge in [-0.1, -0.05) is 152 Å². The maximum Gasteiger partial charge on any atom is 0.461 e. The molecule has 1 heterocycles. The Kier molecular flexibility index (Phi) is 9.39. The van der Waals surface area contributed by atoms with E-state index in [1.165, 1.54) is 5.56 Å². The van der Waals surface area contributed by atoms with Crippen LogP contribution in [0.4, 0.5) is 0 Å². The van der Waals surface area contributed by atoms with Gasteiger partial charge in [0.25, 0.3) is 0 Å². The molecule has 0 spiro atoms. The fourth-order valence-electron chi connectivity index (χ4n) is 7.42. The molecule has 1 aliphatic carbocycles. The van der Waals surface area contributed by atoms with Crippen molar-refractivity contribution < 1.29 is 23.5 Å². The predicted molar refractivity (Wildman–Crippen MR) is 185 cm³/mol. The highest BCUT2D eigenvalue weighted by Crippen LogP contribution is 2.56. The topological polar surface area (TPSA) is 46.2 Å². The third kappa shape index (κ3) is 5.97. The molecule has 2 fully saturated rings. The van der Waals surface area contributed by atoms with Gasteiger partial charge in [-0.15, -0.1) is 0 Å². The second-order valence-electron chi connectivity index (χ2n) is 12.5. The van der Waals surface area contributed by atoms with Gasteiger partial charge in [-0.25, -0.2) is 0 Å². The molecule has 5 nitrogen and oxygen atoms in total.